The van der Waals surface area contributed by atoms with Gasteiger partial charge in [0.15, 0.2) is 0 Å². The molecule has 2 rings (SSSR count). The summed E-state index contributed by atoms with van der Waals surface area (Å²) < 4.78 is 0. The van der Waals surface area contributed by atoms with Crippen LogP contribution in [0.3, 0.4) is 0 Å². The molecule has 0 spiro atoms. The van der Waals surface area contributed by atoms with Crippen molar-refractivity contribution in [1.29, 1.82) is 0 Å². The summed E-state index contributed by atoms with van der Waals surface area (Å²) in [6.07, 6.45) is 1.24. The van der Waals surface area contributed by atoms with E-state index >= 15 is 0 Å². The fourth-order valence-electron chi connectivity index (χ4n) is 2.58. The van der Waals surface area contributed by atoms with E-state index in [4.69, 9.17) is 5.73 Å². The van der Waals surface area contributed by atoms with Crippen LogP contribution < -0.4 is 16.4 Å². The van der Waals surface area contributed by atoms with Gasteiger partial charge >= 0.3 is 0 Å². The molecule has 1 aromatic rings. The molecule has 1 aromatic carbocycles. The van der Waals surface area contributed by atoms with Gasteiger partial charge < -0.3 is 16.4 Å². The number of primary amides is 1. The second kappa shape index (κ2) is 7.06. The maximum atomic E-state index is 11.9. The van der Waals surface area contributed by atoms with Crippen LogP contribution in [0, 0.1) is 5.41 Å². The molecule has 0 bridgehead atoms. The second-order valence-electron chi connectivity index (χ2n) is 5.68. The summed E-state index contributed by atoms with van der Waals surface area (Å²) in [5.41, 5.74) is 5.69. The minimum atomic E-state index is -0.808. The molecular weight excluding hydrogens is 282 g/mol. The van der Waals surface area contributed by atoms with Crippen molar-refractivity contribution < 1.29 is 14.4 Å². The van der Waals surface area contributed by atoms with E-state index in [-0.39, 0.29) is 31.2 Å². The first-order valence-corrected chi connectivity index (χ1v) is 7.39. The zero-order chi connectivity index (χ0) is 16.0. The molecule has 0 radical (unpaired) electrons. The highest BCUT2D eigenvalue weighted by Gasteiger charge is 2.40. The Bertz CT molecular complexity index is 547. The molecule has 1 saturated heterocycles. The Hall–Kier alpha value is -2.37. The van der Waals surface area contributed by atoms with Gasteiger partial charge in [-0.2, -0.15) is 0 Å². The molecule has 1 atom stereocenters. The zero-order valence-corrected chi connectivity index (χ0v) is 12.4. The molecule has 22 heavy (non-hydrogen) atoms. The summed E-state index contributed by atoms with van der Waals surface area (Å²) >= 11 is 0. The molecule has 1 aliphatic heterocycles. The maximum Gasteiger partial charge on any atom is 0.225 e. The minimum Gasteiger partial charge on any atom is -0.369 e. The summed E-state index contributed by atoms with van der Waals surface area (Å²) in [6.45, 7) is 0.674. The van der Waals surface area contributed by atoms with Gasteiger partial charge in [0, 0.05) is 25.9 Å². The first-order chi connectivity index (χ1) is 10.5. The van der Waals surface area contributed by atoms with Crippen molar-refractivity contribution in [3.8, 4) is 0 Å². The normalized spacial score (nSPS) is 21.0. The zero-order valence-electron chi connectivity index (χ0n) is 12.4. The molecule has 0 saturated carbocycles. The number of rotatable bonds is 6. The van der Waals surface area contributed by atoms with Gasteiger partial charge in [-0.25, -0.2) is 0 Å². The van der Waals surface area contributed by atoms with Gasteiger partial charge in [0.05, 0.1) is 5.41 Å². The minimum absolute atomic E-state index is 0.0783. The standard InChI is InChI=1S/C16H21N3O3/c17-15(22)16(9-7-14(21)19-11-16)8-6-13(20)18-10-12-4-2-1-3-5-12/h1-5H,6-11H2,(H2,17,22)(H,18,20)(H,19,21)/t16-/m1/s1. The lowest BCUT2D eigenvalue weighted by molar-refractivity contribution is -0.134. The molecule has 1 aliphatic rings. The first-order valence-electron chi connectivity index (χ1n) is 7.39. The molecule has 1 heterocycles. The van der Waals surface area contributed by atoms with E-state index in [1.54, 1.807) is 0 Å². The number of hydrogen-bond donors (Lipinski definition) is 3. The number of hydrogen-bond acceptors (Lipinski definition) is 3. The third-order valence-corrected chi connectivity index (χ3v) is 4.14. The van der Waals surface area contributed by atoms with Crippen LogP contribution in [0.1, 0.15) is 31.2 Å². The largest absolute Gasteiger partial charge is 0.369 e. The Morgan fingerprint density at radius 2 is 2.00 bits per heavy atom. The van der Waals surface area contributed by atoms with Gasteiger partial charge in [0.1, 0.15) is 0 Å². The predicted octanol–water partition coefficient (Wildman–Crippen LogP) is 0.465. The molecule has 6 heteroatoms. The van der Waals surface area contributed by atoms with Gasteiger partial charge in [-0.15, -0.1) is 0 Å². The molecule has 1 fully saturated rings. The van der Waals surface area contributed by atoms with Gasteiger partial charge in [-0.05, 0) is 18.4 Å². The van der Waals surface area contributed by atoms with Crippen molar-refractivity contribution in [2.45, 2.75) is 32.2 Å². The van der Waals surface area contributed by atoms with Crippen molar-refractivity contribution in [2.24, 2.45) is 11.1 Å². The maximum absolute atomic E-state index is 11.9. The highest BCUT2D eigenvalue weighted by molar-refractivity contribution is 5.86. The Balaban J connectivity index is 1.83. The van der Waals surface area contributed by atoms with Crippen LogP contribution in [0.5, 0.6) is 0 Å². The van der Waals surface area contributed by atoms with E-state index in [0.29, 0.717) is 19.4 Å². The molecule has 118 valence electrons. The lowest BCUT2D eigenvalue weighted by atomic mass is 9.76. The number of amides is 3. The fourth-order valence-corrected chi connectivity index (χ4v) is 2.58. The third kappa shape index (κ3) is 4.07. The highest BCUT2D eigenvalue weighted by atomic mass is 16.2. The number of piperidine rings is 1. The van der Waals surface area contributed by atoms with Gasteiger partial charge in [0.2, 0.25) is 17.7 Å². The SMILES string of the molecule is NC(=O)[C@]1(CCC(=O)NCc2ccccc2)CCC(=O)NC1. The van der Waals surface area contributed by atoms with E-state index < -0.39 is 11.3 Å². The second-order valence-corrected chi connectivity index (χ2v) is 5.68. The predicted molar refractivity (Wildman–Crippen MR) is 81.4 cm³/mol. The Morgan fingerprint density at radius 1 is 1.27 bits per heavy atom. The van der Waals surface area contributed by atoms with Crippen LogP contribution in [0.15, 0.2) is 30.3 Å². The average molecular weight is 303 g/mol. The van der Waals surface area contributed by atoms with Crippen LogP contribution in [0.25, 0.3) is 0 Å². The highest BCUT2D eigenvalue weighted by Crippen LogP contribution is 2.31. The van der Waals surface area contributed by atoms with Gasteiger partial charge in [-0.1, -0.05) is 30.3 Å². The first kappa shape index (κ1) is 16.0. The van der Waals surface area contributed by atoms with Crippen LogP contribution >= 0.6 is 0 Å². The van der Waals surface area contributed by atoms with E-state index in [9.17, 15) is 14.4 Å². The van der Waals surface area contributed by atoms with Crippen molar-refractivity contribution in [2.75, 3.05) is 6.54 Å². The molecule has 0 aromatic heterocycles. The number of carbonyl (C=O) groups is 3. The summed E-state index contributed by atoms with van der Waals surface area (Å²) in [6, 6.07) is 9.60. The van der Waals surface area contributed by atoms with E-state index in [0.717, 1.165) is 5.56 Å². The van der Waals surface area contributed by atoms with E-state index in [1.807, 2.05) is 30.3 Å². The summed E-state index contributed by atoms with van der Waals surface area (Å²) in [5, 5.41) is 5.49. The lowest BCUT2D eigenvalue weighted by Crippen LogP contribution is -2.51. The molecular formula is C16H21N3O3. The molecule has 3 amide bonds. The number of benzene rings is 1. The van der Waals surface area contributed by atoms with Crippen molar-refractivity contribution in [3.05, 3.63) is 35.9 Å². The summed E-state index contributed by atoms with van der Waals surface area (Å²) in [4.78, 5) is 34.9. The summed E-state index contributed by atoms with van der Waals surface area (Å²) in [5.74, 6) is -0.657. The van der Waals surface area contributed by atoms with Crippen molar-refractivity contribution in [3.63, 3.8) is 0 Å². The van der Waals surface area contributed by atoms with Crippen molar-refractivity contribution >= 4 is 17.7 Å². The van der Waals surface area contributed by atoms with E-state index in [1.165, 1.54) is 0 Å². The fraction of sp³-hybridized carbons (Fsp3) is 0.438. The number of nitrogens with one attached hydrogen (secondary N) is 2. The lowest BCUT2D eigenvalue weighted by Gasteiger charge is -2.34. The number of nitrogens with two attached hydrogens (primary N) is 1. The molecule has 0 aliphatic carbocycles. The Morgan fingerprint density at radius 3 is 2.59 bits per heavy atom. The smallest absolute Gasteiger partial charge is 0.225 e. The third-order valence-electron chi connectivity index (χ3n) is 4.14. The van der Waals surface area contributed by atoms with Gasteiger partial charge in [0.25, 0.3) is 0 Å². The topological polar surface area (TPSA) is 101 Å². The van der Waals surface area contributed by atoms with Crippen LogP contribution in [-0.2, 0) is 20.9 Å². The molecule has 0 unspecified atom stereocenters. The van der Waals surface area contributed by atoms with Crippen LogP contribution in [-0.4, -0.2) is 24.3 Å². The Labute approximate surface area is 129 Å². The van der Waals surface area contributed by atoms with Crippen LogP contribution in [0.2, 0.25) is 0 Å². The monoisotopic (exact) mass is 303 g/mol. The number of carbonyl (C=O) groups excluding carboxylic acids is 3. The molecule has 6 nitrogen and oxygen atoms in total. The summed E-state index contributed by atoms with van der Waals surface area (Å²) in [7, 11) is 0. The van der Waals surface area contributed by atoms with Crippen molar-refractivity contribution in [1.82, 2.24) is 10.6 Å². The average Bonchev–Trinajstić information content (AvgIpc) is 2.53. The van der Waals surface area contributed by atoms with Crippen LogP contribution in [0.4, 0.5) is 0 Å². The quantitative estimate of drug-likeness (QED) is 0.711. The Kier molecular flexibility index (Phi) is 5.14. The van der Waals surface area contributed by atoms with Gasteiger partial charge in [-0.3, -0.25) is 14.4 Å². The molecule has 4 N–H and O–H groups in total. The van der Waals surface area contributed by atoms with E-state index in [2.05, 4.69) is 10.6 Å².